The number of hydrogen-bond donors (Lipinski definition) is 1. The fraction of sp³-hybridized carbons (Fsp3) is 1.00. The fourth-order valence-corrected chi connectivity index (χ4v) is 6.88. The normalized spacial score (nSPS) is 58.2. The molecule has 7 atom stereocenters. The molecule has 0 aromatic rings. The van der Waals surface area contributed by atoms with Gasteiger partial charge in [0, 0.05) is 0 Å². The molecule has 4 fully saturated rings. The molecule has 0 radical (unpaired) electrons. The Bertz CT molecular complexity index is 499. The first-order valence-corrected chi connectivity index (χ1v) is 9.62. The number of aliphatic hydroxyl groups is 1. The van der Waals surface area contributed by atoms with Crippen LogP contribution < -0.4 is 0 Å². The smallest absolute Gasteiger partial charge is 0.110 e. The third-order valence-electron chi connectivity index (χ3n) is 8.28. The predicted molar refractivity (Wildman–Crippen MR) is 90.2 cm³/mol. The third-order valence-corrected chi connectivity index (χ3v) is 8.28. The van der Waals surface area contributed by atoms with Crippen molar-refractivity contribution in [2.24, 2.45) is 22.7 Å². The quantitative estimate of drug-likeness (QED) is 0.744. The Balaban J connectivity index is 1.70. The minimum atomic E-state index is -0.419. The van der Waals surface area contributed by atoms with Crippen molar-refractivity contribution in [3.8, 4) is 0 Å². The first-order valence-electron chi connectivity index (χ1n) is 9.62. The molecule has 23 heavy (non-hydrogen) atoms. The van der Waals surface area contributed by atoms with Gasteiger partial charge in [0.15, 0.2) is 0 Å². The summed E-state index contributed by atoms with van der Waals surface area (Å²) >= 11 is 0. The molecule has 2 saturated heterocycles. The molecule has 0 bridgehead atoms. The largest absolute Gasteiger partial charge is 0.390 e. The van der Waals surface area contributed by atoms with Crippen molar-refractivity contribution in [3.63, 3.8) is 0 Å². The fourth-order valence-electron chi connectivity index (χ4n) is 6.88. The SMILES string of the molecule is CC1(C)CCC[C@]2(C)[C@H]3CC[C@](C)([C@H]4CO4)O[C@]3(C)[C@@H](O)C[C@@H]12. The van der Waals surface area contributed by atoms with E-state index >= 15 is 0 Å². The molecule has 4 rings (SSSR count). The molecule has 2 aliphatic carbocycles. The van der Waals surface area contributed by atoms with Gasteiger partial charge in [0.2, 0.25) is 0 Å². The molecule has 1 N–H and O–H groups in total. The van der Waals surface area contributed by atoms with Crippen molar-refractivity contribution >= 4 is 0 Å². The maximum Gasteiger partial charge on any atom is 0.110 e. The van der Waals surface area contributed by atoms with Crippen molar-refractivity contribution in [2.45, 2.75) is 96.6 Å². The molecule has 3 heteroatoms. The standard InChI is InChI=1S/C20H34O3/c1-17(2)8-6-9-18(3)13-7-10-19(4,16-12-22-16)23-20(13,5)15(21)11-14(17)18/h13-16,21H,6-12H2,1-5H3/t13-,14+,15+,16-,18-,19-,20+/m1/s1. The van der Waals surface area contributed by atoms with E-state index < -0.39 is 5.60 Å². The van der Waals surface area contributed by atoms with Gasteiger partial charge in [-0.15, -0.1) is 0 Å². The lowest BCUT2D eigenvalue weighted by atomic mass is 9.43. The van der Waals surface area contributed by atoms with Crippen LogP contribution in [-0.4, -0.2) is 35.1 Å². The van der Waals surface area contributed by atoms with Crippen LogP contribution in [0.2, 0.25) is 0 Å². The summed E-state index contributed by atoms with van der Waals surface area (Å²) in [5.74, 6) is 1.05. The van der Waals surface area contributed by atoms with E-state index in [0.717, 1.165) is 25.9 Å². The molecule has 0 aromatic heterocycles. The van der Waals surface area contributed by atoms with Gasteiger partial charge in [-0.1, -0.05) is 27.2 Å². The summed E-state index contributed by atoms with van der Waals surface area (Å²) < 4.78 is 12.3. The zero-order chi connectivity index (χ0) is 16.7. The summed E-state index contributed by atoms with van der Waals surface area (Å²) in [5, 5.41) is 11.1. The van der Waals surface area contributed by atoms with Crippen LogP contribution in [0.1, 0.15) is 73.1 Å². The van der Waals surface area contributed by atoms with Gasteiger partial charge in [0.1, 0.15) is 6.10 Å². The minimum absolute atomic E-state index is 0.209. The first-order chi connectivity index (χ1) is 10.6. The van der Waals surface area contributed by atoms with Gasteiger partial charge in [0.25, 0.3) is 0 Å². The average Bonchev–Trinajstić information content (AvgIpc) is 3.26. The second-order valence-electron chi connectivity index (χ2n) is 10.2. The molecule has 4 aliphatic rings. The minimum Gasteiger partial charge on any atom is -0.390 e. The molecule has 0 amide bonds. The highest BCUT2D eigenvalue weighted by Crippen LogP contribution is 2.66. The highest BCUT2D eigenvalue weighted by atomic mass is 16.6. The highest BCUT2D eigenvalue weighted by molar-refractivity contribution is 5.15. The van der Waals surface area contributed by atoms with E-state index in [2.05, 4.69) is 34.6 Å². The van der Waals surface area contributed by atoms with Crippen molar-refractivity contribution in [1.29, 1.82) is 0 Å². The van der Waals surface area contributed by atoms with Gasteiger partial charge in [-0.2, -0.15) is 0 Å². The average molecular weight is 322 g/mol. The molecule has 0 spiro atoms. The van der Waals surface area contributed by atoms with Crippen LogP contribution in [0.25, 0.3) is 0 Å². The highest BCUT2D eigenvalue weighted by Gasteiger charge is 2.66. The number of fused-ring (bicyclic) bond motifs is 3. The van der Waals surface area contributed by atoms with E-state index in [1.807, 2.05) is 0 Å². The summed E-state index contributed by atoms with van der Waals surface area (Å²) in [4.78, 5) is 0. The summed E-state index contributed by atoms with van der Waals surface area (Å²) in [7, 11) is 0. The van der Waals surface area contributed by atoms with E-state index in [-0.39, 0.29) is 17.8 Å². The van der Waals surface area contributed by atoms with Crippen molar-refractivity contribution in [1.82, 2.24) is 0 Å². The molecule has 3 nitrogen and oxygen atoms in total. The van der Waals surface area contributed by atoms with Gasteiger partial charge in [-0.05, 0) is 68.6 Å². The van der Waals surface area contributed by atoms with Crippen molar-refractivity contribution in [3.05, 3.63) is 0 Å². The Hall–Kier alpha value is -0.120. The van der Waals surface area contributed by atoms with Gasteiger partial charge < -0.3 is 14.6 Å². The van der Waals surface area contributed by atoms with Gasteiger partial charge in [-0.25, -0.2) is 0 Å². The Morgan fingerprint density at radius 2 is 1.65 bits per heavy atom. The van der Waals surface area contributed by atoms with Crippen LogP contribution in [0.15, 0.2) is 0 Å². The number of hydrogen-bond acceptors (Lipinski definition) is 3. The molecular weight excluding hydrogens is 288 g/mol. The molecule has 0 unspecified atom stereocenters. The second kappa shape index (κ2) is 4.74. The van der Waals surface area contributed by atoms with Gasteiger partial charge in [0.05, 0.1) is 23.9 Å². The van der Waals surface area contributed by atoms with Crippen LogP contribution in [0, 0.1) is 22.7 Å². The maximum absolute atomic E-state index is 11.1. The Morgan fingerprint density at radius 1 is 0.957 bits per heavy atom. The lowest BCUT2D eigenvalue weighted by Gasteiger charge is -2.66. The van der Waals surface area contributed by atoms with Crippen LogP contribution in [0.5, 0.6) is 0 Å². The summed E-state index contributed by atoms with van der Waals surface area (Å²) in [5.41, 5.74) is -0.00559. The summed E-state index contributed by atoms with van der Waals surface area (Å²) in [6, 6.07) is 0. The monoisotopic (exact) mass is 322 g/mol. The Kier molecular flexibility index (Phi) is 3.37. The lowest BCUT2D eigenvalue weighted by Crippen LogP contribution is -2.68. The van der Waals surface area contributed by atoms with Crippen molar-refractivity contribution in [2.75, 3.05) is 6.61 Å². The topological polar surface area (TPSA) is 42.0 Å². The molecule has 2 aliphatic heterocycles. The maximum atomic E-state index is 11.1. The van der Waals surface area contributed by atoms with E-state index in [1.54, 1.807) is 0 Å². The number of epoxide rings is 1. The molecular formula is C20H34O3. The van der Waals surface area contributed by atoms with E-state index in [9.17, 15) is 5.11 Å². The Labute approximate surface area is 141 Å². The molecule has 132 valence electrons. The predicted octanol–water partition coefficient (Wildman–Crippen LogP) is 3.93. The second-order valence-corrected chi connectivity index (χ2v) is 10.2. The van der Waals surface area contributed by atoms with E-state index in [1.165, 1.54) is 19.3 Å². The molecule has 2 heterocycles. The van der Waals surface area contributed by atoms with E-state index in [4.69, 9.17) is 9.47 Å². The van der Waals surface area contributed by atoms with Crippen molar-refractivity contribution < 1.29 is 14.6 Å². The third kappa shape index (κ3) is 2.19. The zero-order valence-corrected chi connectivity index (χ0v) is 15.5. The summed E-state index contributed by atoms with van der Waals surface area (Å²) in [6.07, 6.45) is 6.87. The van der Waals surface area contributed by atoms with Gasteiger partial charge in [-0.3, -0.25) is 0 Å². The zero-order valence-electron chi connectivity index (χ0n) is 15.5. The van der Waals surface area contributed by atoms with E-state index in [0.29, 0.717) is 22.7 Å². The molecule has 0 aromatic carbocycles. The first kappa shape index (κ1) is 16.4. The van der Waals surface area contributed by atoms with Gasteiger partial charge >= 0.3 is 0 Å². The number of rotatable bonds is 1. The Morgan fingerprint density at radius 3 is 2.30 bits per heavy atom. The van der Waals surface area contributed by atoms with Crippen LogP contribution in [0.3, 0.4) is 0 Å². The van der Waals surface area contributed by atoms with Crippen LogP contribution in [0.4, 0.5) is 0 Å². The lowest BCUT2D eigenvalue weighted by molar-refractivity contribution is -0.303. The van der Waals surface area contributed by atoms with Crippen LogP contribution in [-0.2, 0) is 9.47 Å². The number of aliphatic hydroxyl groups excluding tert-OH is 1. The summed E-state index contributed by atoms with van der Waals surface area (Å²) in [6.45, 7) is 12.5. The molecule has 2 saturated carbocycles. The van der Waals surface area contributed by atoms with Crippen LogP contribution >= 0.6 is 0 Å². The number of ether oxygens (including phenoxy) is 2.